The van der Waals surface area contributed by atoms with Crippen molar-refractivity contribution in [1.29, 1.82) is 0 Å². The Morgan fingerprint density at radius 3 is 2.44 bits per heavy atom. The van der Waals surface area contributed by atoms with Crippen LogP contribution in [0, 0.1) is 5.92 Å². The summed E-state index contributed by atoms with van der Waals surface area (Å²) >= 11 is 0. The lowest BCUT2D eigenvalue weighted by molar-refractivity contribution is -0.0157. The molecule has 0 aromatic heterocycles. The van der Waals surface area contributed by atoms with E-state index in [1.54, 1.807) is 0 Å². The number of rotatable bonds is 4. The molecule has 2 N–H and O–H groups in total. The highest BCUT2D eigenvalue weighted by atomic mass is 19.1. The Balaban J connectivity index is 1.78. The molecule has 104 valence electrons. The van der Waals surface area contributed by atoms with Crippen molar-refractivity contribution in [2.45, 2.75) is 69.5 Å². The maximum atomic E-state index is 13.3. The van der Waals surface area contributed by atoms with Gasteiger partial charge in [0.25, 0.3) is 0 Å². The largest absolute Gasteiger partial charge is 0.457 e. The van der Waals surface area contributed by atoms with E-state index in [-0.39, 0.29) is 12.5 Å². The molecule has 2 aliphatic rings. The predicted octanol–water partition coefficient (Wildman–Crippen LogP) is 2.32. The van der Waals surface area contributed by atoms with Gasteiger partial charge in [0, 0.05) is 12.4 Å². The van der Waals surface area contributed by atoms with Gasteiger partial charge in [-0.05, 0) is 38.0 Å². The Kier molecular flexibility index (Phi) is 5.46. The molecule has 0 aromatic carbocycles. The van der Waals surface area contributed by atoms with Crippen LogP contribution in [0.4, 0.5) is 4.39 Å². The van der Waals surface area contributed by atoms with Crippen LogP contribution in [-0.2, 0) is 4.74 Å². The fourth-order valence-electron chi connectivity index (χ4n) is 3.26. The summed E-state index contributed by atoms with van der Waals surface area (Å²) in [5, 5.41) is 18.6. The van der Waals surface area contributed by atoms with Gasteiger partial charge in [-0.2, -0.15) is 0 Å². The minimum Gasteiger partial charge on any atom is -0.427 e. The summed E-state index contributed by atoms with van der Waals surface area (Å²) in [6, 6.07) is 0. The van der Waals surface area contributed by atoms with Crippen LogP contribution in [0.3, 0.4) is 0 Å². The van der Waals surface area contributed by atoms with Crippen molar-refractivity contribution in [1.82, 2.24) is 0 Å². The van der Waals surface area contributed by atoms with Crippen molar-refractivity contribution < 1.29 is 19.2 Å². The first-order valence-corrected chi connectivity index (χ1v) is 7.28. The van der Waals surface area contributed by atoms with E-state index in [1.165, 1.54) is 32.1 Å². The molecule has 0 heterocycles. The third-order valence-electron chi connectivity index (χ3n) is 4.42. The highest BCUT2D eigenvalue weighted by Crippen LogP contribution is 2.35. The highest BCUT2D eigenvalue weighted by Gasteiger charge is 2.38. The lowest BCUT2D eigenvalue weighted by Gasteiger charge is -2.34. The zero-order valence-electron chi connectivity index (χ0n) is 10.9. The van der Waals surface area contributed by atoms with Crippen LogP contribution >= 0.6 is 0 Å². The third kappa shape index (κ3) is 3.94. The Labute approximate surface area is 109 Å². The fourth-order valence-corrected chi connectivity index (χ4v) is 3.26. The van der Waals surface area contributed by atoms with Crippen molar-refractivity contribution in [2.24, 2.45) is 5.92 Å². The van der Waals surface area contributed by atoms with E-state index in [0.717, 1.165) is 0 Å². The summed E-state index contributed by atoms with van der Waals surface area (Å²) in [5.74, 6) is 0.149. The van der Waals surface area contributed by atoms with Gasteiger partial charge in [0.05, 0.1) is 6.10 Å². The van der Waals surface area contributed by atoms with Gasteiger partial charge >= 0.3 is 7.12 Å². The van der Waals surface area contributed by atoms with Crippen molar-refractivity contribution in [3.8, 4) is 0 Å². The summed E-state index contributed by atoms with van der Waals surface area (Å²) in [7, 11) is -1.46. The summed E-state index contributed by atoms with van der Waals surface area (Å²) in [6.45, 7) is 0.699. The lowest BCUT2D eigenvalue weighted by atomic mass is 9.63. The van der Waals surface area contributed by atoms with Crippen LogP contribution in [0.1, 0.15) is 51.4 Å². The predicted molar refractivity (Wildman–Crippen MR) is 69.0 cm³/mol. The topological polar surface area (TPSA) is 49.7 Å². The van der Waals surface area contributed by atoms with Gasteiger partial charge in [0.2, 0.25) is 0 Å². The van der Waals surface area contributed by atoms with E-state index < -0.39 is 19.1 Å². The summed E-state index contributed by atoms with van der Waals surface area (Å²) in [5.41, 5.74) is 0. The maximum Gasteiger partial charge on any atom is 0.457 e. The van der Waals surface area contributed by atoms with Crippen molar-refractivity contribution in [2.75, 3.05) is 6.61 Å². The molecule has 3 unspecified atom stereocenters. The number of halogens is 1. The molecule has 0 amide bonds. The average molecular weight is 258 g/mol. The first-order valence-electron chi connectivity index (χ1n) is 7.28. The van der Waals surface area contributed by atoms with Crippen LogP contribution < -0.4 is 0 Å². The number of alkyl halides is 1. The first kappa shape index (κ1) is 14.3. The average Bonchev–Trinajstić information content (AvgIpc) is 2.38. The molecule has 3 nitrogen and oxygen atoms in total. The van der Waals surface area contributed by atoms with Crippen LogP contribution in [-0.4, -0.2) is 36.0 Å². The molecule has 0 bridgehead atoms. The van der Waals surface area contributed by atoms with E-state index in [2.05, 4.69) is 0 Å². The van der Waals surface area contributed by atoms with E-state index >= 15 is 0 Å². The monoisotopic (exact) mass is 258 g/mol. The minimum absolute atomic E-state index is 0.182. The molecule has 0 spiro atoms. The first-order chi connectivity index (χ1) is 8.66. The highest BCUT2D eigenvalue weighted by molar-refractivity contribution is 6.43. The van der Waals surface area contributed by atoms with E-state index in [9.17, 15) is 14.4 Å². The quantitative estimate of drug-likeness (QED) is 0.761. The van der Waals surface area contributed by atoms with Gasteiger partial charge in [0.15, 0.2) is 0 Å². The summed E-state index contributed by atoms with van der Waals surface area (Å²) in [6.07, 6.45) is 6.51. The number of hydrogen-bond donors (Lipinski definition) is 2. The lowest BCUT2D eigenvalue weighted by Crippen LogP contribution is -2.38. The van der Waals surface area contributed by atoms with Gasteiger partial charge < -0.3 is 14.8 Å². The second kappa shape index (κ2) is 6.87. The zero-order chi connectivity index (χ0) is 13.0. The molecule has 5 heteroatoms. The standard InChI is InChI=1S/C13H24BFO3/c15-11-6-7-13(12(8-11)14(16)17)18-9-10-4-2-1-3-5-10/h10-13,16-17H,1-9H2. The van der Waals surface area contributed by atoms with Crippen LogP contribution in [0.15, 0.2) is 0 Å². The van der Waals surface area contributed by atoms with Gasteiger partial charge in [0.1, 0.15) is 6.17 Å². The maximum absolute atomic E-state index is 13.3. The number of hydrogen-bond acceptors (Lipinski definition) is 3. The van der Waals surface area contributed by atoms with Gasteiger partial charge in [-0.1, -0.05) is 19.3 Å². The van der Waals surface area contributed by atoms with Crippen LogP contribution in [0.25, 0.3) is 0 Å². The van der Waals surface area contributed by atoms with Gasteiger partial charge in [-0.25, -0.2) is 4.39 Å². The molecule has 0 saturated heterocycles. The zero-order valence-corrected chi connectivity index (χ0v) is 10.9. The SMILES string of the molecule is OB(O)C1CC(F)CCC1OCC1CCCCC1. The van der Waals surface area contributed by atoms with E-state index in [1.807, 2.05) is 0 Å². The normalized spacial score (nSPS) is 34.5. The van der Waals surface area contributed by atoms with E-state index in [4.69, 9.17) is 4.74 Å². The Bertz CT molecular complexity index is 246. The Hall–Kier alpha value is -0.125. The van der Waals surface area contributed by atoms with Crippen LogP contribution in [0.2, 0.25) is 5.82 Å². The molecule has 3 atom stereocenters. The molecule has 2 fully saturated rings. The second-order valence-electron chi connectivity index (χ2n) is 5.86. The Morgan fingerprint density at radius 1 is 1.06 bits per heavy atom. The molecule has 2 saturated carbocycles. The molecule has 0 radical (unpaired) electrons. The second-order valence-corrected chi connectivity index (χ2v) is 5.86. The van der Waals surface area contributed by atoms with Crippen molar-refractivity contribution in [3.63, 3.8) is 0 Å². The van der Waals surface area contributed by atoms with Gasteiger partial charge in [-0.3, -0.25) is 0 Å². The summed E-state index contributed by atoms with van der Waals surface area (Å²) < 4.78 is 19.1. The third-order valence-corrected chi connectivity index (χ3v) is 4.42. The van der Waals surface area contributed by atoms with Crippen molar-refractivity contribution >= 4 is 7.12 Å². The van der Waals surface area contributed by atoms with E-state index in [0.29, 0.717) is 25.4 Å². The molecule has 2 aliphatic carbocycles. The van der Waals surface area contributed by atoms with Crippen LogP contribution in [0.5, 0.6) is 0 Å². The molecular formula is C13H24BFO3. The van der Waals surface area contributed by atoms with Gasteiger partial charge in [-0.15, -0.1) is 0 Å². The molecule has 0 aliphatic heterocycles. The molecular weight excluding hydrogens is 234 g/mol. The smallest absolute Gasteiger partial charge is 0.427 e. The molecule has 2 rings (SSSR count). The fraction of sp³-hybridized carbons (Fsp3) is 1.00. The van der Waals surface area contributed by atoms with Crippen molar-refractivity contribution in [3.05, 3.63) is 0 Å². The Morgan fingerprint density at radius 2 is 1.78 bits per heavy atom. The molecule has 0 aromatic rings. The minimum atomic E-state index is -1.46. The summed E-state index contributed by atoms with van der Waals surface area (Å²) in [4.78, 5) is 0. The number of ether oxygens (including phenoxy) is 1. The molecule has 18 heavy (non-hydrogen) atoms.